The Morgan fingerprint density at radius 3 is 2.58 bits per heavy atom. The van der Waals surface area contributed by atoms with E-state index in [2.05, 4.69) is 16.8 Å². The molecular weight excluding hydrogens is 166 g/mol. The second-order valence-corrected chi connectivity index (χ2v) is 4.45. The van der Waals surface area contributed by atoms with Crippen LogP contribution in [0.15, 0.2) is 16.8 Å². The molecule has 0 atom stereocenters. The summed E-state index contributed by atoms with van der Waals surface area (Å²) in [4.78, 5) is 0. The molecule has 0 unspecified atom stereocenters. The van der Waals surface area contributed by atoms with E-state index in [-0.39, 0.29) is 0 Å². The molecule has 0 amide bonds. The molecule has 2 heteroatoms. The minimum absolute atomic E-state index is 0.472. The van der Waals surface area contributed by atoms with Crippen LogP contribution in [0.3, 0.4) is 0 Å². The Bertz CT molecular complexity index is 222. The first kappa shape index (κ1) is 8.27. The maximum absolute atomic E-state index is 5.85. The number of rotatable bonds is 1. The lowest BCUT2D eigenvalue weighted by atomic mass is 9.83. The highest BCUT2D eigenvalue weighted by Gasteiger charge is 2.19. The molecule has 0 saturated heterocycles. The van der Waals surface area contributed by atoms with Crippen molar-refractivity contribution in [3.63, 3.8) is 0 Å². The van der Waals surface area contributed by atoms with E-state index in [1.807, 2.05) is 0 Å². The zero-order chi connectivity index (χ0) is 8.39. The predicted octanol–water partition coefficient (Wildman–Crippen LogP) is 2.73. The molecule has 1 fully saturated rings. The van der Waals surface area contributed by atoms with Crippen molar-refractivity contribution in [1.82, 2.24) is 0 Å². The zero-order valence-corrected chi connectivity index (χ0v) is 8.02. The fourth-order valence-corrected chi connectivity index (χ4v) is 2.70. The van der Waals surface area contributed by atoms with Crippen LogP contribution in [0.5, 0.6) is 0 Å². The summed E-state index contributed by atoms with van der Waals surface area (Å²) in [6, 6.07) is 2.73. The molecule has 66 valence electrons. The summed E-state index contributed by atoms with van der Waals surface area (Å²) < 4.78 is 0. The number of hydrogen-bond acceptors (Lipinski definition) is 2. The third-order valence-corrected chi connectivity index (χ3v) is 3.49. The SMILES string of the molecule is NC1CCC(c2ccsc2)CC1. The highest BCUT2D eigenvalue weighted by atomic mass is 32.1. The molecule has 1 aromatic rings. The maximum atomic E-state index is 5.85. The van der Waals surface area contributed by atoms with Crippen molar-refractivity contribution in [2.45, 2.75) is 37.6 Å². The summed E-state index contributed by atoms with van der Waals surface area (Å²) in [5.74, 6) is 0.802. The monoisotopic (exact) mass is 181 g/mol. The van der Waals surface area contributed by atoms with Crippen LogP contribution >= 0.6 is 11.3 Å². The van der Waals surface area contributed by atoms with E-state index in [9.17, 15) is 0 Å². The van der Waals surface area contributed by atoms with Crippen LogP contribution in [0.4, 0.5) is 0 Å². The molecule has 1 aliphatic rings. The van der Waals surface area contributed by atoms with Crippen molar-refractivity contribution in [2.24, 2.45) is 5.73 Å². The Morgan fingerprint density at radius 2 is 2.00 bits per heavy atom. The Hall–Kier alpha value is -0.340. The van der Waals surface area contributed by atoms with E-state index in [1.54, 1.807) is 11.3 Å². The van der Waals surface area contributed by atoms with Crippen molar-refractivity contribution in [3.05, 3.63) is 22.4 Å². The molecule has 0 bridgehead atoms. The first-order chi connectivity index (χ1) is 5.86. The minimum Gasteiger partial charge on any atom is -0.328 e. The molecule has 1 nitrogen and oxygen atoms in total. The van der Waals surface area contributed by atoms with Gasteiger partial charge >= 0.3 is 0 Å². The molecule has 12 heavy (non-hydrogen) atoms. The van der Waals surface area contributed by atoms with E-state index in [0.29, 0.717) is 6.04 Å². The molecule has 2 N–H and O–H groups in total. The molecule has 1 saturated carbocycles. The third kappa shape index (κ3) is 1.70. The van der Waals surface area contributed by atoms with Crippen LogP contribution in [-0.2, 0) is 0 Å². The molecule has 1 heterocycles. The molecule has 0 aliphatic heterocycles. The second kappa shape index (κ2) is 3.58. The van der Waals surface area contributed by atoms with Gasteiger partial charge in [0.2, 0.25) is 0 Å². The van der Waals surface area contributed by atoms with E-state index < -0.39 is 0 Å². The molecule has 0 spiro atoms. The van der Waals surface area contributed by atoms with Crippen LogP contribution in [0.1, 0.15) is 37.2 Å². The normalized spacial score (nSPS) is 30.4. The molecule has 2 rings (SSSR count). The Labute approximate surface area is 77.6 Å². The second-order valence-electron chi connectivity index (χ2n) is 3.67. The largest absolute Gasteiger partial charge is 0.328 e. The fraction of sp³-hybridized carbons (Fsp3) is 0.600. The summed E-state index contributed by atoms with van der Waals surface area (Å²) in [5.41, 5.74) is 7.39. The van der Waals surface area contributed by atoms with Gasteiger partial charge in [-0.3, -0.25) is 0 Å². The molecule has 1 aliphatic carbocycles. The van der Waals surface area contributed by atoms with Gasteiger partial charge in [-0.15, -0.1) is 0 Å². The van der Waals surface area contributed by atoms with Gasteiger partial charge < -0.3 is 5.73 Å². The fourth-order valence-electron chi connectivity index (χ4n) is 1.96. The van der Waals surface area contributed by atoms with Gasteiger partial charge in [0.1, 0.15) is 0 Å². The van der Waals surface area contributed by atoms with Gasteiger partial charge in [0.25, 0.3) is 0 Å². The van der Waals surface area contributed by atoms with Gasteiger partial charge in [-0.1, -0.05) is 0 Å². The Morgan fingerprint density at radius 1 is 1.25 bits per heavy atom. The highest BCUT2D eigenvalue weighted by molar-refractivity contribution is 7.07. The topological polar surface area (TPSA) is 26.0 Å². The van der Waals surface area contributed by atoms with Crippen LogP contribution in [0.25, 0.3) is 0 Å². The van der Waals surface area contributed by atoms with Crippen LogP contribution in [-0.4, -0.2) is 6.04 Å². The van der Waals surface area contributed by atoms with Gasteiger partial charge in [-0.2, -0.15) is 11.3 Å². The Kier molecular flexibility index (Phi) is 2.47. The first-order valence-corrected chi connectivity index (χ1v) is 5.58. The van der Waals surface area contributed by atoms with Crippen LogP contribution in [0, 0.1) is 0 Å². The quantitative estimate of drug-likeness (QED) is 0.708. The lowest BCUT2D eigenvalue weighted by Gasteiger charge is -2.25. The molecular formula is C10H15NS. The van der Waals surface area contributed by atoms with Gasteiger partial charge in [-0.25, -0.2) is 0 Å². The number of thiophene rings is 1. The Balaban J connectivity index is 1.99. The minimum atomic E-state index is 0.472. The standard InChI is InChI=1S/C10H15NS/c11-10-3-1-8(2-4-10)9-5-6-12-7-9/h5-8,10H,1-4,11H2. The lowest BCUT2D eigenvalue weighted by Crippen LogP contribution is -2.25. The van der Waals surface area contributed by atoms with Gasteiger partial charge in [0.15, 0.2) is 0 Å². The first-order valence-electron chi connectivity index (χ1n) is 4.64. The molecule has 1 aromatic heterocycles. The molecule has 0 aromatic carbocycles. The average molecular weight is 181 g/mol. The van der Waals surface area contributed by atoms with Crippen molar-refractivity contribution >= 4 is 11.3 Å². The summed E-state index contributed by atoms with van der Waals surface area (Å²) in [6.07, 6.45) is 5.00. The third-order valence-electron chi connectivity index (χ3n) is 2.79. The lowest BCUT2D eigenvalue weighted by molar-refractivity contribution is 0.396. The van der Waals surface area contributed by atoms with E-state index in [4.69, 9.17) is 5.73 Å². The highest BCUT2D eigenvalue weighted by Crippen LogP contribution is 2.32. The van der Waals surface area contributed by atoms with Gasteiger partial charge in [-0.05, 0) is 54.0 Å². The smallest absolute Gasteiger partial charge is 0.00392 e. The summed E-state index contributed by atoms with van der Waals surface area (Å²) in [7, 11) is 0. The van der Waals surface area contributed by atoms with E-state index in [0.717, 1.165) is 5.92 Å². The number of hydrogen-bond donors (Lipinski definition) is 1. The van der Waals surface area contributed by atoms with Crippen molar-refractivity contribution in [3.8, 4) is 0 Å². The summed E-state index contributed by atoms with van der Waals surface area (Å²) in [5, 5.41) is 4.45. The summed E-state index contributed by atoms with van der Waals surface area (Å²) >= 11 is 1.80. The van der Waals surface area contributed by atoms with E-state index in [1.165, 1.54) is 31.2 Å². The van der Waals surface area contributed by atoms with Crippen molar-refractivity contribution in [2.75, 3.05) is 0 Å². The number of nitrogens with two attached hydrogens (primary N) is 1. The summed E-state index contributed by atoms with van der Waals surface area (Å²) in [6.45, 7) is 0. The van der Waals surface area contributed by atoms with Crippen LogP contribution < -0.4 is 5.73 Å². The average Bonchev–Trinajstić information content (AvgIpc) is 2.58. The zero-order valence-electron chi connectivity index (χ0n) is 7.20. The van der Waals surface area contributed by atoms with Gasteiger partial charge in [0, 0.05) is 6.04 Å². The van der Waals surface area contributed by atoms with Crippen LogP contribution in [0.2, 0.25) is 0 Å². The van der Waals surface area contributed by atoms with Gasteiger partial charge in [0.05, 0.1) is 0 Å². The van der Waals surface area contributed by atoms with E-state index >= 15 is 0 Å². The van der Waals surface area contributed by atoms with Crippen molar-refractivity contribution in [1.29, 1.82) is 0 Å². The van der Waals surface area contributed by atoms with Crippen molar-refractivity contribution < 1.29 is 0 Å². The molecule has 0 radical (unpaired) electrons. The predicted molar refractivity (Wildman–Crippen MR) is 53.5 cm³/mol. The maximum Gasteiger partial charge on any atom is 0.00392 e.